The predicted octanol–water partition coefficient (Wildman–Crippen LogP) is 3.65. The second-order valence-corrected chi connectivity index (χ2v) is 8.11. The second-order valence-electron chi connectivity index (χ2n) is 8.11. The minimum atomic E-state index is -4.40. The number of rotatable bonds is 4. The van der Waals surface area contributed by atoms with Crippen LogP contribution in [0.3, 0.4) is 0 Å². The number of alkyl halides is 3. The number of aromatic nitrogens is 4. The van der Waals surface area contributed by atoms with Gasteiger partial charge in [-0.25, -0.2) is 4.98 Å². The van der Waals surface area contributed by atoms with Crippen LogP contribution in [-0.2, 0) is 7.05 Å². The van der Waals surface area contributed by atoms with Gasteiger partial charge in [0.25, 0.3) is 5.91 Å². The maximum absolute atomic E-state index is 13.6. The smallest absolute Gasteiger partial charge is 0.346 e. The molecule has 1 aliphatic rings. The van der Waals surface area contributed by atoms with E-state index in [-0.39, 0.29) is 24.6 Å². The van der Waals surface area contributed by atoms with Crippen LogP contribution in [0.4, 0.5) is 24.8 Å². The highest BCUT2D eigenvalue weighted by Crippen LogP contribution is 2.35. The van der Waals surface area contributed by atoms with Gasteiger partial charge in [-0.15, -0.1) is 0 Å². The SMILES string of the molecule is Cc1cnc(NC(=O)c2cnn(C)c2)cc1-c1cc(N2CCCC[C@@H]2C(F)(F)F)[nH]c(=O)c1. The molecule has 4 rings (SSSR count). The number of nitrogens with one attached hydrogen (secondary N) is 2. The standard InChI is InChI=1S/C22H23F3N6O2/c1-13-10-26-18(28-21(33)15-11-27-30(2)12-15)9-16(13)14-7-19(29-20(32)8-14)31-6-4-3-5-17(31)22(23,24)25/h7-12,17H,3-6H2,1-2H3,(H,29,32)(H,26,28,33)/t17-/m1/s1. The van der Waals surface area contributed by atoms with E-state index >= 15 is 0 Å². The van der Waals surface area contributed by atoms with Gasteiger partial charge < -0.3 is 15.2 Å². The molecule has 0 aromatic carbocycles. The number of amides is 1. The molecule has 0 radical (unpaired) electrons. The summed E-state index contributed by atoms with van der Waals surface area (Å²) in [5.74, 6) is -0.0348. The zero-order chi connectivity index (χ0) is 23.8. The average Bonchev–Trinajstić information content (AvgIpc) is 3.20. The molecule has 0 saturated carbocycles. The van der Waals surface area contributed by atoms with Crippen LogP contribution in [0, 0.1) is 6.92 Å². The molecule has 0 unspecified atom stereocenters. The van der Waals surface area contributed by atoms with Crippen LogP contribution < -0.4 is 15.8 Å². The molecular weight excluding hydrogens is 437 g/mol. The summed E-state index contributed by atoms with van der Waals surface area (Å²) in [5, 5.41) is 6.64. The lowest BCUT2D eigenvalue weighted by Gasteiger charge is -2.38. The Morgan fingerprint density at radius 3 is 2.70 bits per heavy atom. The minimum Gasteiger partial charge on any atom is -0.346 e. The number of anilines is 2. The number of carbonyl (C=O) groups is 1. The number of aromatic amines is 1. The van der Waals surface area contributed by atoms with E-state index in [9.17, 15) is 22.8 Å². The van der Waals surface area contributed by atoms with Gasteiger partial charge in [0.1, 0.15) is 17.7 Å². The summed E-state index contributed by atoms with van der Waals surface area (Å²) in [6.07, 6.45) is 1.19. The number of pyridine rings is 2. The number of H-pyrrole nitrogens is 1. The number of carbonyl (C=O) groups excluding carboxylic acids is 1. The molecule has 0 spiro atoms. The van der Waals surface area contributed by atoms with Gasteiger partial charge in [-0.05, 0) is 55.0 Å². The number of aryl methyl sites for hydroxylation is 2. The molecule has 1 atom stereocenters. The highest BCUT2D eigenvalue weighted by Gasteiger charge is 2.45. The van der Waals surface area contributed by atoms with Crippen molar-refractivity contribution in [1.29, 1.82) is 0 Å². The van der Waals surface area contributed by atoms with E-state index in [1.807, 2.05) is 0 Å². The van der Waals surface area contributed by atoms with E-state index in [1.54, 1.807) is 32.3 Å². The van der Waals surface area contributed by atoms with E-state index in [4.69, 9.17) is 0 Å². The normalized spacial score (nSPS) is 16.6. The van der Waals surface area contributed by atoms with Crippen molar-refractivity contribution in [3.05, 3.63) is 58.3 Å². The van der Waals surface area contributed by atoms with Crippen molar-refractivity contribution in [2.75, 3.05) is 16.8 Å². The Hall–Kier alpha value is -3.63. The first-order chi connectivity index (χ1) is 15.6. The molecule has 1 fully saturated rings. The topological polar surface area (TPSA) is 95.9 Å². The van der Waals surface area contributed by atoms with Crippen molar-refractivity contribution < 1.29 is 18.0 Å². The number of nitrogens with zero attached hydrogens (tertiary/aromatic N) is 4. The van der Waals surface area contributed by atoms with Gasteiger partial charge in [-0.2, -0.15) is 18.3 Å². The van der Waals surface area contributed by atoms with Crippen LogP contribution in [0.2, 0.25) is 0 Å². The zero-order valence-electron chi connectivity index (χ0n) is 18.1. The fourth-order valence-corrected chi connectivity index (χ4v) is 4.03. The molecule has 174 valence electrons. The van der Waals surface area contributed by atoms with E-state index in [0.717, 1.165) is 0 Å². The lowest BCUT2D eigenvalue weighted by molar-refractivity contribution is -0.152. The lowest BCUT2D eigenvalue weighted by atomic mass is 10.00. The Labute approximate surface area is 187 Å². The van der Waals surface area contributed by atoms with Crippen LogP contribution in [0.1, 0.15) is 35.2 Å². The Morgan fingerprint density at radius 2 is 2.00 bits per heavy atom. The quantitative estimate of drug-likeness (QED) is 0.620. The fourth-order valence-electron chi connectivity index (χ4n) is 4.03. The average molecular weight is 460 g/mol. The Kier molecular flexibility index (Phi) is 5.96. The molecule has 1 saturated heterocycles. The van der Waals surface area contributed by atoms with Crippen molar-refractivity contribution in [3.8, 4) is 11.1 Å². The molecule has 0 bridgehead atoms. The van der Waals surface area contributed by atoms with E-state index in [1.165, 1.54) is 28.0 Å². The number of hydrogen-bond donors (Lipinski definition) is 2. The summed E-state index contributed by atoms with van der Waals surface area (Å²) >= 11 is 0. The van der Waals surface area contributed by atoms with Gasteiger partial charge in [0.2, 0.25) is 5.56 Å². The Morgan fingerprint density at radius 1 is 1.21 bits per heavy atom. The van der Waals surface area contributed by atoms with Gasteiger partial charge in [0.05, 0.1) is 11.8 Å². The molecule has 1 aliphatic heterocycles. The third-order valence-electron chi connectivity index (χ3n) is 5.64. The monoisotopic (exact) mass is 460 g/mol. The van der Waals surface area contributed by atoms with Gasteiger partial charge in [-0.1, -0.05) is 0 Å². The Bertz CT molecular complexity index is 1230. The highest BCUT2D eigenvalue weighted by molar-refractivity contribution is 6.03. The molecule has 0 aliphatic carbocycles. The molecule has 1 amide bonds. The zero-order valence-corrected chi connectivity index (χ0v) is 18.1. The third-order valence-corrected chi connectivity index (χ3v) is 5.64. The van der Waals surface area contributed by atoms with Crippen molar-refractivity contribution >= 4 is 17.5 Å². The van der Waals surface area contributed by atoms with E-state index in [0.29, 0.717) is 35.1 Å². The predicted molar refractivity (Wildman–Crippen MR) is 117 cm³/mol. The molecule has 3 aromatic heterocycles. The van der Waals surface area contributed by atoms with Crippen LogP contribution in [0.5, 0.6) is 0 Å². The second kappa shape index (κ2) is 8.72. The summed E-state index contributed by atoms with van der Waals surface area (Å²) in [6.45, 7) is 1.97. The van der Waals surface area contributed by atoms with Gasteiger partial charge in [-0.3, -0.25) is 14.3 Å². The number of hydrogen-bond acceptors (Lipinski definition) is 5. The molecule has 11 heteroatoms. The minimum absolute atomic E-state index is 0.0193. The van der Waals surface area contributed by atoms with Crippen LogP contribution >= 0.6 is 0 Å². The van der Waals surface area contributed by atoms with E-state index in [2.05, 4.69) is 20.4 Å². The first-order valence-corrected chi connectivity index (χ1v) is 10.5. The Balaban J connectivity index is 1.68. The van der Waals surface area contributed by atoms with Gasteiger partial charge >= 0.3 is 6.18 Å². The highest BCUT2D eigenvalue weighted by atomic mass is 19.4. The van der Waals surface area contributed by atoms with Crippen molar-refractivity contribution in [2.24, 2.45) is 7.05 Å². The first kappa shape index (κ1) is 22.6. The summed E-state index contributed by atoms with van der Waals surface area (Å²) in [6, 6.07) is 2.82. The molecule has 2 N–H and O–H groups in total. The first-order valence-electron chi connectivity index (χ1n) is 10.5. The largest absolute Gasteiger partial charge is 0.408 e. The fraction of sp³-hybridized carbons (Fsp3) is 0.364. The molecule has 33 heavy (non-hydrogen) atoms. The van der Waals surface area contributed by atoms with Gasteiger partial charge in [0.15, 0.2) is 0 Å². The summed E-state index contributed by atoms with van der Waals surface area (Å²) in [7, 11) is 1.69. The summed E-state index contributed by atoms with van der Waals surface area (Å²) in [4.78, 5) is 32.8. The van der Waals surface area contributed by atoms with Gasteiger partial charge in [0, 0.05) is 32.1 Å². The molecule has 3 aromatic rings. The van der Waals surface area contributed by atoms with E-state index < -0.39 is 23.7 Å². The number of halogens is 3. The molecule has 8 nitrogen and oxygen atoms in total. The van der Waals surface area contributed by atoms with Crippen LogP contribution in [-0.4, -0.2) is 44.4 Å². The molecular formula is C22H23F3N6O2. The van der Waals surface area contributed by atoms with Crippen molar-refractivity contribution in [1.82, 2.24) is 19.7 Å². The molecule has 4 heterocycles. The lowest BCUT2D eigenvalue weighted by Crippen LogP contribution is -2.49. The summed E-state index contributed by atoms with van der Waals surface area (Å²) < 4.78 is 42.3. The van der Waals surface area contributed by atoms with Crippen molar-refractivity contribution in [3.63, 3.8) is 0 Å². The maximum atomic E-state index is 13.6. The van der Waals surface area contributed by atoms with Crippen LogP contribution in [0.15, 0.2) is 41.6 Å². The van der Waals surface area contributed by atoms with Crippen molar-refractivity contribution in [2.45, 2.75) is 38.4 Å². The summed E-state index contributed by atoms with van der Waals surface area (Å²) in [5.41, 5.74) is 1.57. The van der Waals surface area contributed by atoms with Crippen LogP contribution in [0.25, 0.3) is 11.1 Å². The maximum Gasteiger partial charge on any atom is 0.408 e. The number of piperidine rings is 1. The third kappa shape index (κ3) is 4.91.